The Labute approximate surface area is 172 Å². The lowest BCUT2D eigenvalue weighted by molar-refractivity contribution is -0.143. The van der Waals surface area contributed by atoms with Gasteiger partial charge in [0.05, 0.1) is 18.2 Å². The number of amides is 1. The molecule has 5 nitrogen and oxygen atoms in total. The van der Waals surface area contributed by atoms with Crippen molar-refractivity contribution in [1.29, 1.82) is 5.26 Å². The third-order valence-electron chi connectivity index (χ3n) is 3.95. The van der Waals surface area contributed by atoms with Gasteiger partial charge in [0, 0.05) is 18.4 Å². The highest BCUT2D eigenvalue weighted by molar-refractivity contribution is 5.97. The minimum atomic E-state index is -5.02. The molecular weight excluding hydrogens is 428 g/mol. The van der Waals surface area contributed by atoms with E-state index in [9.17, 15) is 31.1 Å². The lowest BCUT2D eigenvalue weighted by atomic mass is 10.1. The van der Waals surface area contributed by atoms with Gasteiger partial charge in [-0.2, -0.15) is 31.6 Å². The molecule has 0 heterocycles. The monoisotopic (exact) mass is 443 g/mol. The van der Waals surface area contributed by atoms with Gasteiger partial charge in [-0.25, -0.2) is 0 Å². The molecular formula is C20H15F6N3O2. The van der Waals surface area contributed by atoms with Gasteiger partial charge >= 0.3 is 12.4 Å². The van der Waals surface area contributed by atoms with Gasteiger partial charge in [-0.05, 0) is 35.9 Å². The number of nitrogens with one attached hydrogen (secondary N) is 2. The molecule has 31 heavy (non-hydrogen) atoms. The second-order valence-electron chi connectivity index (χ2n) is 6.14. The van der Waals surface area contributed by atoms with Crippen molar-refractivity contribution in [2.24, 2.45) is 0 Å². The summed E-state index contributed by atoms with van der Waals surface area (Å²) in [6.07, 6.45) is -9.30. The molecule has 0 radical (unpaired) electrons. The van der Waals surface area contributed by atoms with Crippen molar-refractivity contribution < 1.29 is 35.9 Å². The number of hydrogen-bond acceptors (Lipinski definition) is 4. The normalized spacial score (nSPS) is 12.1. The Morgan fingerprint density at radius 2 is 1.58 bits per heavy atom. The Balaban J connectivity index is 2.17. The fourth-order valence-electron chi connectivity index (χ4n) is 2.36. The molecule has 0 aromatic heterocycles. The Morgan fingerprint density at radius 1 is 1.03 bits per heavy atom. The van der Waals surface area contributed by atoms with Crippen molar-refractivity contribution in [1.82, 2.24) is 5.32 Å². The van der Waals surface area contributed by atoms with Crippen molar-refractivity contribution in [3.8, 4) is 11.8 Å². The van der Waals surface area contributed by atoms with Gasteiger partial charge in [0.25, 0.3) is 5.91 Å². The molecule has 0 bridgehead atoms. The molecule has 0 aliphatic heterocycles. The number of methoxy groups -OCH3 is 1. The Morgan fingerprint density at radius 3 is 2.03 bits per heavy atom. The minimum Gasteiger partial charge on any atom is -0.497 e. The number of nitrogens with zero attached hydrogens (tertiary/aromatic N) is 1. The third-order valence-corrected chi connectivity index (χ3v) is 3.95. The molecule has 164 valence electrons. The topological polar surface area (TPSA) is 74.1 Å². The van der Waals surface area contributed by atoms with Crippen LogP contribution in [0.25, 0.3) is 0 Å². The highest BCUT2D eigenvalue weighted by Crippen LogP contribution is 2.37. The molecule has 0 atom stereocenters. The number of anilines is 1. The Kier molecular flexibility index (Phi) is 7.17. The van der Waals surface area contributed by atoms with Gasteiger partial charge in [0.1, 0.15) is 17.4 Å². The number of alkyl halides is 6. The zero-order valence-electron chi connectivity index (χ0n) is 15.9. The van der Waals surface area contributed by atoms with Crippen molar-refractivity contribution >= 4 is 11.6 Å². The summed E-state index contributed by atoms with van der Waals surface area (Å²) < 4.78 is 82.4. The molecule has 2 aromatic rings. The smallest absolute Gasteiger partial charge is 0.416 e. The number of halogens is 6. The predicted octanol–water partition coefficient (Wildman–Crippen LogP) is 4.87. The molecule has 11 heteroatoms. The number of rotatable bonds is 6. The van der Waals surface area contributed by atoms with Gasteiger partial charge < -0.3 is 15.4 Å². The zero-order valence-corrected chi connectivity index (χ0v) is 15.9. The van der Waals surface area contributed by atoms with Gasteiger partial charge in [-0.3, -0.25) is 4.79 Å². The number of carbonyl (C=O) groups is 1. The first kappa shape index (κ1) is 23.6. The summed E-state index contributed by atoms with van der Waals surface area (Å²) in [4.78, 5) is 12.1. The summed E-state index contributed by atoms with van der Waals surface area (Å²) in [6.45, 7) is 0.0314. The maximum Gasteiger partial charge on any atom is 0.416 e. The second kappa shape index (κ2) is 9.42. The summed E-state index contributed by atoms with van der Waals surface area (Å²) >= 11 is 0. The number of hydrogen-bond donors (Lipinski definition) is 2. The fourth-order valence-corrected chi connectivity index (χ4v) is 2.36. The van der Waals surface area contributed by atoms with Crippen LogP contribution in [0.2, 0.25) is 0 Å². The second-order valence-corrected chi connectivity index (χ2v) is 6.14. The SMILES string of the molecule is COc1ccc(CNC(=O)/C(C#N)=C\Nc2cc(C(F)(F)F)cc(C(F)(F)F)c2)cc1. The van der Waals surface area contributed by atoms with Crippen LogP contribution in [0.1, 0.15) is 16.7 Å². The van der Waals surface area contributed by atoms with E-state index >= 15 is 0 Å². The average molecular weight is 443 g/mol. The number of ether oxygens (including phenoxy) is 1. The number of nitriles is 1. The van der Waals surface area contributed by atoms with Gasteiger partial charge in [-0.1, -0.05) is 12.1 Å². The lowest BCUT2D eigenvalue weighted by Gasteiger charge is -2.14. The number of carbonyl (C=O) groups excluding carboxylic acids is 1. The molecule has 0 aliphatic carbocycles. The van der Waals surface area contributed by atoms with Gasteiger partial charge in [0.15, 0.2) is 0 Å². The van der Waals surface area contributed by atoms with Crippen LogP contribution in [0, 0.1) is 11.3 Å². The minimum absolute atomic E-state index is 0.0261. The van der Waals surface area contributed by atoms with Crippen LogP contribution >= 0.6 is 0 Å². The summed E-state index contributed by atoms with van der Waals surface area (Å²) in [6, 6.07) is 9.01. The van der Waals surface area contributed by atoms with E-state index in [0.717, 1.165) is 6.20 Å². The van der Waals surface area contributed by atoms with E-state index in [1.165, 1.54) is 13.2 Å². The predicted molar refractivity (Wildman–Crippen MR) is 98.6 cm³/mol. The zero-order chi connectivity index (χ0) is 23.2. The molecule has 0 spiro atoms. The van der Waals surface area contributed by atoms with Gasteiger partial charge in [-0.15, -0.1) is 0 Å². The van der Waals surface area contributed by atoms with E-state index in [4.69, 9.17) is 10.00 Å². The highest BCUT2D eigenvalue weighted by atomic mass is 19.4. The summed E-state index contributed by atoms with van der Waals surface area (Å²) in [7, 11) is 1.48. The van der Waals surface area contributed by atoms with Crippen LogP contribution in [0.15, 0.2) is 54.2 Å². The van der Waals surface area contributed by atoms with Gasteiger partial charge in [0.2, 0.25) is 0 Å². The van der Waals surface area contributed by atoms with Crippen LogP contribution in [0.3, 0.4) is 0 Å². The van der Waals surface area contributed by atoms with Crippen LogP contribution in [-0.4, -0.2) is 13.0 Å². The van der Waals surface area contributed by atoms with Crippen LogP contribution < -0.4 is 15.4 Å². The van der Waals surface area contributed by atoms with E-state index in [1.807, 2.05) is 0 Å². The third kappa shape index (κ3) is 6.67. The summed E-state index contributed by atoms with van der Waals surface area (Å²) in [5, 5.41) is 13.7. The maximum absolute atomic E-state index is 12.9. The molecule has 0 unspecified atom stereocenters. The van der Waals surface area contributed by atoms with E-state index in [2.05, 4.69) is 10.6 Å². The molecule has 2 rings (SSSR count). The molecule has 0 saturated heterocycles. The van der Waals surface area contributed by atoms with Crippen LogP contribution in [-0.2, 0) is 23.7 Å². The quantitative estimate of drug-likeness (QED) is 0.380. The molecule has 1 amide bonds. The van der Waals surface area contributed by atoms with Crippen molar-refractivity contribution in [3.63, 3.8) is 0 Å². The first-order chi connectivity index (χ1) is 14.4. The van der Waals surface area contributed by atoms with E-state index in [1.54, 1.807) is 24.3 Å². The van der Waals surface area contributed by atoms with Crippen molar-refractivity contribution in [3.05, 3.63) is 70.9 Å². The largest absolute Gasteiger partial charge is 0.497 e. The summed E-state index contributed by atoms with van der Waals surface area (Å²) in [5.74, 6) is -0.273. The fraction of sp³-hybridized carbons (Fsp3) is 0.200. The van der Waals surface area contributed by atoms with E-state index in [-0.39, 0.29) is 12.6 Å². The Hall–Kier alpha value is -3.68. The molecule has 2 N–H and O–H groups in total. The highest BCUT2D eigenvalue weighted by Gasteiger charge is 2.36. The first-order valence-corrected chi connectivity index (χ1v) is 8.51. The Bertz CT molecular complexity index is 973. The standard InChI is InChI=1S/C20H15F6N3O2/c1-31-17-4-2-12(3-5-17)10-29-18(30)13(9-27)11-28-16-7-14(19(21,22)23)6-15(8-16)20(24,25)26/h2-8,11,28H,10H2,1H3,(H,29,30)/b13-11-. The molecule has 0 saturated carbocycles. The molecule has 2 aromatic carbocycles. The maximum atomic E-state index is 12.9. The molecule has 0 fully saturated rings. The first-order valence-electron chi connectivity index (χ1n) is 8.51. The van der Waals surface area contributed by atoms with E-state index < -0.39 is 40.6 Å². The average Bonchev–Trinajstić information content (AvgIpc) is 2.71. The lowest BCUT2D eigenvalue weighted by Crippen LogP contribution is -2.24. The van der Waals surface area contributed by atoms with Crippen LogP contribution in [0.5, 0.6) is 5.75 Å². The number of benzene rings is 2. The molecule has 0 aliphatic rings. The van der Waals surface area contributed by atoms with Crippen molar-refractivity contribution in [2.75, 3.05) is 12.4 Å². The summed E-state index contributed by atoms with van der Waals surface area (Å²) in [5.41, 5.74) is -3.51. The van der Waals surface area contributed by atoms with Crippen LogP contribution in [0.4, 0.5) is 32.0 Å². The van der Waals surface area contributed by atoms with Crippen molar-refractivity contribution in [2.45, 2.75) is 18.9 Å². The van der Waals surface area contributed by atoms with E-state index in [0.29, 0.717) is 23.4 Å².